The third kappa shape index (κ3) is 3.47. The second-order valence-corrected chi connectivity index (χ2v) is 5.58. The quantitative estimate of drug-likeness (QED) is 0.735. The van der Waals surface area contributed by atoms with Crippen molar-refractivity contribution in [2.75, 3.05) is 19.5 Å². The van der Waals surface area contributed by atoms with Gasteiger partial charge in [-0.2, -0.15) is 0 Å². The van der Waals surface area contributed by atoms with Crippen LogP contribution in [0.5, 0.6) is 11.5 Å². The van der Waals surface area contributed by atoms with Crippen LogP contribution in [0, 0.1) is 5.82 Å². The minimum atomic E-state index is -0.218. The van der Waals surface area contributed by atoms with E-state index in [0.717, 1.165) is 22.9 Å². The molecule has 3 rings (SSSR count). The van der Waals surface area contributed by atoms with E-state index in [0.29, 0.717) is 29.4 Å². The van der Waals surface area contributed by atoms with E-state index in [4.69, 9.17) is 9.47 Å². The first-order valence-corrected chi connectivity index (χ1v) is 8.04. The maximum absolute atomic E-state index is 14.2. The van der Waals surface area contributed by atoms with Crippen LogP contribution in [0.2, 0.25) is 0 Å². The summed E-state index contributed by atoms with van der Waals surface area (Å²) in [4.78, 5) is 8.54. The van der Waals surface area contributed by atoms with Gasteiger partial charge in [-0.05, 0) is 24.1 Å². The third-order valence-corrected chi connectivity index (χ3v) is 4.11. The molecule has 0 aliphatic rings. The molecule has 0 radical (unpaired) electrons. The highest BCUT2D eigenvalue weighted by Crippen LogP contribution is 2.33. The maximum Gasteiger partial charge on any atom is 0.162 e. The second-order valence-electron chi connectivity index (χ2n) is 5.58. The predicted molar refractivity (Wildman–Crippen MR) is 95.7 cm³/mol. The minimum absolute atomic E-state index is 0.218. The van der Waals surface area contributed by atoms with Crippen LogP contribution in [0.4, 0.5) is 10.2 Å². The van der Waals surface area contributed by atoms with Crippen LogP contribution in [0.25, 0.3) is 10.9 Å². The Morgan fingerprint density at radius 3 is 2.48 bits per heavy atom. The van der Waals surface area contributed by atoms with E-state index in [1.807, 2.05) is 19.1 Å². The molecule has 0 amide bonds. The Morgan fingerprint density at radius 1 is 1.04 bits per heavy atom. The smallest absolute Gasteiger partial charge is 0.162 e. The van der Waals surface area contributed by atoms with Crippen LogP contribution >= 0.6 is 0 Å². The maximum atomic E-state index is 14.2. The Kier molecular flexibility index (Phi) is 4.97. The number of rotatable bonds is 6. The van der Waals surface area contributed by atoms with E-state index >= 15 is 0 Å². The van der Waals surface area contributed by atoms with Gasteiger partial charge in [-0.1, -0.05) is 19.1 Å². The molecule has 130 valence electrons. The molecule has 0 bridgehead atoms. The summed E-state index contributed by atoms with van der Waals surface area (Å²) in [6.45, 7) is 2.33. The fourth-order valence-corrected chi connectivity index (χ4v) is 2.66. The molecule has 0 unspecified atom stereocenters. The largest absolute Gasteiger partial charge is 0.493 e. The zero-order chi connectivity index (χ0) is 17.8. The number of nitrogens with one attached hydrogen (secondary N) is 1. The Hall–Kier alpha value is -2.89. The summed E-state index contributed by atoms with van der Waals surface area (Å²) in [7, 11) is 3.15. The highest BCUT2D eigenvalue weighted by Gasteiger charge is 2.11. The Labute approximate surface area is 145 Å². The van der Waals surface area contributed by atoms with Crippen molar-refractivity contribution >= 4 is 16.7 Å². The molecule has 0 saturated carbocycles. The highest BCUT2D eigenvalue weighted by atomic mass is 19.1. The van der Waals surface area contributed by atoms with E-state index in [-0.39, 0.29) is 5.82 Å². The molecule has 3 aromatic rings. The minimum Gasteiger partial charge on any atom is -0.493 e. The number of halogens is 1. The van der Waals surface area contributed by atoms with E-state index in [1.54, 1.807) is 32.4 Å². The Balaban J connectivity index is 1.91. The van der Waals surface area contributed by atoms with Crippen molar-refractivity contribution in [1.82, 2.24) is 9.97 Å². The zero-order valence-corrected chi connectivity index (χ0v) is 14.5. The fourth-order valence-electron chi connectivity index (χ4n) is 2.66. The van der Waals surface area contributed by atoms with Crippen molar-refractivity contribution < 1.29 is 13.9 Å². The van der Waals surface area contributed by atoms with Gasteiger partial charge in [-0.3, -0.25) is 0 Å². The first-order chi connectivity index (χ1) is 12.2. The molecule has 2 aromatic carbocycles. The average molecular weight is 341 g/mol. The molecule has 5 nitrogen and oxygen atoms in total. The monoisotopic (exact) mass is 341 g/mol. The molecule has 25 heavy (non-hydrogen) atoms. The number of benzene rings is 2. The number of ether oxygens (including phenoxy) is 2. The van der Waals surface area contributed by atoms with Crippen LogP contribution in [-0.2, 0) is 13.0 Å². The Morgan fingerprint density at radius 2 is 1.80 bits per heavy atom. The molecule has 1 N–H and O–H groups in total. The van der Waals surface area contributed by atoms with Gasteiger partial charge in [0.25, 0.3) is 0 Å². The molecule has 0 aliphatic carbocycles. The summed E-state index contributed by atoms with van der Waals surface area (Å²) in [6, 6.07) is 8.91. The number of fused-ring (bicyclic) bond motifs is 1. The van der Waals surface area contributed by atoms with Crippen molar-refractivity contribution in [3.8, 4) is 11.5 Å². The molecule has 0 atom stereocenters. The van der Waals surface area contributed by atoms with Crippen molar-refractivity contribution in [1.29, 1.82) is 0 Å². The lowest BCUT2D eigenvalue weighted by atomic mass is 10.1. The highest BCUT2D eigenvalue weighted by molar-refractivity contribution is 5.91. The van der Waals surface area contributed by atoms with Crippen LogP contribution in [0.3, 0.4) is 0 Å². The molecule has 6 heteroatoms. The summed E-state index contributed by atoms with van der Waals surface area (Å²) in [5, 5.41) is 3.97. The fraction of sp³-hybridized carbons (Fsp3) is 0.263. The van der Waals surface area contributed by atoms with Gasteiger partial charge < -0.3 is 14.8 Å². The zero-order valence-electron chi connectivity index (χ0n) is 14.5. The topological polar surface area (TPSA) is 56.3 Å². The molecular weight excluding hydrogens is 321 g/mol. The van der Waals surface area contributed by atoms with Crippen molar-refractivity contribution in [3.05, 3.63) is 53.6 Å². The number of aryl methyl sites for hydroxylation is 1. The van der Waals surface area contributed by atoms with Gasteiger partial charge in [-0.15, -0.1) is 0 Å². The van der Waals surface area contributed by atoms with Crippen molar-refractivity contribution in [2.24, 2.45) is 0 Å². The number of hydrogen-bond acceptors (Lipinski definition) is 5. The lowest BCUT2D eigenvalue weighted by Gasteiger charge is -2.12. The summed E-state index contributed by atoms with van der Waals surface area (Å²) >= 11 is 0. The number of methoxy groups -OCH3 is 2. The molecule has 0 saturated heterocycles. The first kappa shape index (κ1) is 17.0. The summed E-state index contributed by atoms with van der Waals surface area (Å²) < 4.78 is 24.8. The number of anilines is 1. The van der Waals surface area contributed by atoms with Crippen LogP contribution < -0.4 is 14.8 Å². The summed E-state index contributed by atoms with van der Waals surface area (Å²) in [5.74, 6) is 1.58. The van der Waals surface area contributed by atoms with E-state index in [9.17, 15) is 4.39 Å². The summed E-state index contributed by atoms with van der Waals surface area (Å²) in [6.07, 6.45) is 2.27. The van der Waals surface area contributed by atoms with E-state index in [1.165, 1.54) is 6.33 Å². The molecule has 0 fully saturated rings. The SMILES string of the molecule is CCc1ccc(CNc2ncnc3cc(OC)c(OC)cc23)c(F)c1. The first-order valence-electron chi connectivity index (χ1n) is 8.04. The normalized spacial score (nSPS) is 10.7. The predicted octanol–water partition coefficient (Wildman–Crippen LogP) is 3.96. The lowest BCUT2D eigenvalue weighted by molar-refractivity contribution is 0.356. The molecule has 0 aliphatic heterocycles. The van der Waals surface area contributed by atoms with Crippen molar-refractivity contribution in [2.45, 2.75) is 19.9 Å². The molecule has 1 aromatic heterocycles. The van der Waals surface area contributed by atoms with Crippen LogP contribution in [0.1, 0.15) is 18.1 Å². The second kappa shape index (κ2) is 7.34. The van der Waals surface area contributed by atoms with Gasteiger partial charge in [0.1, 0.15) is 18.0 Å². The average Bonchev–Trinajstić information content (AvgIpc) is 2.65. The third-order valence-electron chi connectivity index (χ3n) is 4.11. The van der Waals surface area contributed by atoms with Gasteiger partial charge in [0.15, 0.2) is 11.5 Å². The Bertz CT molecular complexity index is 899. The van der Waals surface area contributed by atoms with E-state index in [2.05, 4.69) is 15.3 Å². The molecule has 1 heterocycles. The number of aromatic nitrogens is 2. The summed E-state index contributed by atoms with van der Waals surface area (Å²) in [5.41, 5.74) is 2.28. The lowest BCUT2D eigenvalue weighted by Crippen LogP contribution is -2.05. The van der Waals surface area contributed by atoms with E-state index < -0.39 is 0 Å². The van der Waals surface area contributed by atoms with Gasteiger partial charge in [0, 0.05) is 23.6 Å². The van der Waals surface area contributed by atoms with Crippen molar-refractivity contribution in [3.63, 3.8) is 0 Å². The molecule has 0 spiro atoms. The van der Waals surface area contributed by atoms with Gasteiger partial charge in [-0.25, -0.2) is 14.4 Å². The number of nitrogens with zero attached hydrogens (tertiary/aromatic N) is 2. The van der Waals surface area contributed by atoms with Crippen LogP contribution in [0.15, 0.2) is 36.7 Å². The van der Waals surface area contributed by atoms with Gasteiger partial charge in [0.05, 0.1) is 19.7 Å². The number of hydrogen-bond donors (Lipinski definition) is 1. The molecular formula is C19H20FN3O2. The van der Waals surface area contributed by atoms with Crippen LogP contribution in [-0.4, -0.2) is 24.2 Å². The van der Waals surface area contributed by atoms with Gasteiger partial charge >= 0.3 is 0 Å². The van der Waals surface area contributed by atoms with Gasteiger partial charge in [0.2, 0.25) is 0 Å². The standard InChI is InChI=1S/C19H20FN3O2/c1-4-12-5-6-13(15(20)7-12)10-21-19-14-8-17(24-2)18(25-3)9-16(14)22-11-23-19/h5-9,11H,4,10H2,1-3H3,(H,21,22,23).